The number of nitrogens with one attached hydrogen (secondary N) is 1. The Hall–Kier alpha value is -2.14. The number of hydrogen-bond acceptors (Lipinski definition) is 3. The SMILES string of the molecule is CCP1CC[N+]([O-])(c2cc(Cc3n[nH]c(=O)c4ccccc34)ccc2F)CC1. The van der Waals surface area contributed by atoms with Gasteiger partial charge in [-0.1, -0.05) is 39.1 Å². The summed E-state index contributed by atoms with van der Waals surface area (Å²) >= 11 is 0. The Balaban J connectivity index is 1.67. The first kappa shape index (κ1) is 19.2. The first-order chi connectivity index (χ1) is 13.5. The summed E-state index contributed by atoms with van der Waals surface area (Å²) in [4.78, 5) is 12.0. The summed E-state index contributed by atoms with van der Waals surface area (Å²) in [5, 5.41) is 21.4. The number of hydrogen-bond donors (Lipinski definition) is 1. The van der Waals surface area contributed by atoms with Crippen LogP contribution in [0.5, 0.6) is 0 Å². The average Bonchev–Trinajstić information content (AvgIpc) is 2.72. The highest BCUT2D eigenvalue weighted by Crippen LogP contribution is 2.41. The van der Waals surface area contributed by atoms with Crippen LogP contribution < -0.4 is 10.2 Å². The van der Waals surface area contributed by atoms with E-state index in [2.05, 4.69) is 17.1 Å². The quantitative estimate of drug-likeness (QED) is 0.410. The van der Waals surface area contributed by atoms with E-state index >= 15 is 0 Å². The molecule has 7 heteroatoms. The number of hydroxylamine groups is 2. The fraction of sp³-hybridized carbons (Fsp3) is 0.333. The van der Waals surface area contributed by atoms with E-state index in [0.717, 1.165) is 29.4 Å². The van der Waals surface area contributed by atoms with Crippen molar-refractivity contribution in [1.82, 2.24) is 14.8 Å². The van der Waals surface area contributed by atoms with Gasteiger partial charge in [0, 0.05) is 30.2 Å². The second-order valence-corrected chi connectivity index (χ2v) is 10.1. The molecule has 2 aromatic carbocycles. The summed E-state index contributed by atoms with van der Waals surface area (Å²) in [5.74, 6) is -0.444. The van der Waals surface area contributed by atoms with Crippen LogP contribution in [0.15, 0.2) is 47.3 Å². The molecule has 0 amide bonds. The lowest BCUT2D eigenvalue weighted by molar-refractivity contribution is 0.387. The van der Waals surface area contributed by atoms with Crippen molar-refractivity contribution in [2.24, 2.45) is 0 Å². The second-order valence-electron chi connectivity index (χ2n) is 7.28. The van der Waals surface area contributed by atoms with Crippen LogP contribution >= 0.6 is 7.92 Å². The van der Waals surface area contributed by atoms with Crippen molar-refractivity contribution in [2.75, 3.05) is 31.6 Å². The third-order valence-corrected chi connectivity index (χ3v) is 8.16. The molecule has 146 valence electrons. The molecule has 0 unspecified atom stereocenters. The van der Waals surface area contributed by atoms with E-state index in [4.69, 9.17) is 0 Å². The predicted octanol–water partition coefficient (Wildman–Crippen LogP) is 3.97. The number of aromatic amines is 1. The van der Waals surface area contributed by atoms with E-state index < -0.39 is 10.5 Å². The zero-order valence-corrected chi connectivity index (χ0v) is 16.7. The highest BCUT2D eigenvalue weighted by Gasteiger charge is 2.30. The number of halogens is 1. The molecule has 5 nitrogen and oxygen atoms in total. The minimum atomic E-state index is -0.585. The van der Waals surface area contributed by atoms with E-state index in [1.165, 1.54) is 6.07 Å². The predicted molar refractivity (Wildman–Crippen MR) is 114 cm³/mol. The largest absolute Gasteiger partial charge is 0.627 e. The molecule has 0 aliphatic carbocycles. The van der Waals surface area contributed by atoms with Gasteiger partial charge in [0.15, 0.2) is 11.5 Å². The first-order valence-electron chi connectivity index (χ1n) is 9.56. The molecule has 28 heavy (non-hydrogen) atoms. The van der Waals surface area contributed by atoms with Gasteiger partial charge in [0.2, 0.25) is 0 Å². The minimum Gasteiger partial charge on any atom is -0.627 e. The van der Waals surface area contributed by atoms with Gasteiger partial charge in [0.1, 0.15) is 0 Å². The van der Waals surface area contributed by atoms with Gasteiger partial charge in [-0.25, -0.2) is 9.49 Å². The zero-order valence-electron chi connectivity index (χ0n) is 15.8. The molecular formula is C21H23FN3O2P. The lowest BCUT2D eigenvalue weighted by Gasteiger charge is -2.47. The number of aromatic nitrogens is 2. The number of benzene rings is 2. The number of H-pyrrole nitrogens is 1. The molecule has 1 aliphatic heterocycles. The second kappa shape index (κ2) is 7.70. The maximum Gasteiger partial charge on any atom is 0.272 e. The van der Waals surface area contributed by atoms with Crippen molar-refractivity contribution < 1.29 is 4.39 Å². The summed E-state index contributed by atoms with van der Waals surface area (Å²) < 4.78 is 14.0. The summed E-state index contributed by atoms with van der Waals surface area (Å²) in [6.45, 7) is 3.05. The number of fused-ring (bicyclic) bond motifs is 1. The highest BCUT2D eigenvalue weighted by atomic mass is 31.1. The monoisotopic (exact) mass is 399 g/mol. The van der Waals surface area contributed by atoms with Crippen molar-refractivity contribution in [3.05, 3.63) is 75.1 Å². The molecule has 1 fully saturated rings. The van der Waals surface area contributed by atoms with Crippen molar-refractivity contribution >= 4 is 24.4 Å². The molecule has 2 heterocycles. The number of rotatable bonds is 4. The Labute approximate surface area is 164 Å². The zero-order chi connectivity index (χ0) is 19.7. The maximum absolute atomic E-state index is 14.5. The van der Waals surface area contributed by atoms with Gasteiger partial charge >= 0.3 is 0 Å². The molecular weight excluding hydrogens is 376 g/mol. The Morgan fingerprint density at radius 2 is 1.89 bits per heavy atom. The minimum absolute atomic E-state index is 0.0803. The fourth-order valence-electron chi connectivity index (χ4n) is 3.87. The van der Waals surface area contributed by atoms with Crippen molar-refractivity contribution in [2.45, 2.75) is 13.3 Å². The molecule has 3 aromatic rings. The topological polar surface area (TPSA) is 68.8 Å². The van der Waals surface area contributed by atoms with Crippen LogP contribution in [-0.2, 0) is 6.42 Å². The molecule has 4 rings (SSSR count). The summed E-state index contributed by atoms with van der Waals surface area (Å²) in [5.41, 5.74) is 1.51. The number of quaternary nitrogens is 1. The van der Waals surface area contributed by atoms with Crippen molar-refractivity contribution in [3.63, 3.8) is 0 Å². The van der Waals surface area contributed by atoms with Crippen LogP contribution in [-0.4, -0.2) is 41.8 Å². The fourth-order valence-corrected chi connectivity index (χ4v) is 5.93. The first-order valence-corrected chi connectivity index (χ1v) is 11.5. The molecule has 0 atom stereocenters. The van der Waals surface area contributed by atoms with Crippen molar-refractivity contribution in [3.8, 4) is 0 Å². The van der Waals surface area contributed by atoms with Crippen LogP contribution in [0.4, 0.5) is 10.1 Å². The Kier molecular flexibility index (Phi) is 5.28. The molecule has 1 N–H and O–H groups in total. The molecule has 0 saturated carbocycles. The molecule has 0 bridgehead atoms. The molecule has 0 radical (unpaired) electrons. The van der Waals surface area contributed by atoms with Gasteiger partial charge in [0.25, 0.3) is 5.56 Å². The standard InChI is InChI=1S/C21H23FN3O2P/c1-2-28-11-9-25(27,10-12-28)20-14-15(7-8-18(20)22)13-19-16-5-3-4-6-17(16)21(26)24-23-19/h3-8,14H,2,9-13H2,1H3,(H,24,26). The van der Waals surface area contributed by atoms with E-state index in [1.54, 1.807) is 18.2 Å². The Bertz CT molecular complexity index is 1060. The molecule has 1 aliphatic rings. The van der Waals surface area contributed by atoms with Crippen LogP contribution in [0.3, 0.4) is 0 Å². The van der Waals surface area contributed by atoms with E-state index in [-0.39, 0.29) is 19.2 Å². The summed E-state index contributed by atoms with van der Waals surface area (Å²) in [6.07, 6.45) is 3.34. The van der Waals surface area contributed by atoms with Crippen LogP contribution in [0.2, 0.25) is 0 Å². The molecule has 1 aromatic heterocycles. The Morgan fingerprint density at radius 3 is 2.61 bits per heavy atom. The van der Waals surface area contributed by atoms with E-state index in [0.29, 0.717) is 30.6 Å². The van der Waals surface area contributed by atoms with Gasteiger partial charge in [-0.2, -0.15) is 5.10 Å². The molecule has 1 saturated heterocycles. The average molecular weight is 399 g/mol. The van der Waals surface area contributed by atoms with E-state index in [9.17, 15) is 14.4 Å². The third-order valence-electron chi connectivity index (χ3n) is 5.60. The van der Waals surface area contributed by atoms with Gasteiger partial charge in [0.05, 0.1) is 24.2 Å². The highest BCUT2D eigenvalue weighted by molar-refractivity contribution is 7.57. The Morgan fingerprint density at radius 1 is 1.18 bits per heavy atom. The smallest absolute Gasteiger partial charge is 0.272 e. The van der Waals surface area contributed by atoms with Crippen LogP contribution in [0.1, 0.15) is 18.2 Å². The summed E-state index contributed by atoms with van der Waals surface area (Å²) in [6, 6.07) is 12.0. The number of nitrogens with zero attached hydrogens (tertiary/aromatic N) is 2. The van der Waals surface area contributed by atoms with Gasteiger partial charge in [-0.05, 0) is 23.9 Å². The van der Waals surface area contributed by atoms with Crippen molar-refractivity contribution in [1.29, 1.82) is 0 Å². The van der Waals surface area contributed by atoms with Crippen LogP contribution in [0.25, 0.3) is 10.8 Å². The molecule has 0 spiro atoms. The van der Waals surface area contributed by atoms with E-state index in [1.807, 2.05) is 18.2 Å². The van der Waals surface area contributed by atoms with Crippen LogP contribution in [0, 0.1) is 11.0 Å². The summed E-state index contributed by atoms with van der Waals surface area (Å²) in [7, 11) is -0.0803. The van der Waals surface area contributed by atoms with Gasteiger partial charge in [-0.15, -0.1) is 0 Å². The lowest BCUT2D eigenvalue weighted by Crippen LogP contribution is -2.50. The maximum atomic E-state index is 14.5. The third kappa shape index (κ3) is 3.60. The lowest BCUT2D eigenvalue weighted by atomic mass is 10.0. The van der Waals surface area contributed by atoms with Gasteiger partial charge in [-0.3, -0.25) is 4.79 Å². The normalized spacial score (nSPS) is 22.5. The van der Waals surface area contributed by atoms with Gasteiger partial charge < -0.3 is 9.85 Å².